The van der Waals surface area contributed by atoms with Crippen LogP contribution in [0.2, 0.25) is 10.0 Å². The van der Waals surface area contributed by atoms with Crippen LogP contribution >= 0.6 is 23.2 Å². The maximum atomic E-state index is 6.21. The summed E-state index contributed by atoms with van der Waals surface area (Å²) in [4.78, 5) is 0. The molecule has 2 nitrogen and oxygen atoms in total. The Morgan fingerprint density at radius 2 is 1.88 bits per heavy atom. The summed E-state index contributed by atoms with van der Waals surface area (Å²) in [5.41, 5.74) is 7.04. The summed E-state index contributed by atoms with van der Waals surface area (Å²) in [6.45, 7) is 6.68. The van der Waals surface area contributed by atoms with Crippen LogP contribution in [0.25, 0.3) is 0 Å². The van der Waals surface area contributed by atoms with Crippen molar-refractivity contribution in [2.75, 3.05) is 6.61 Å². The summed E-state index contributed by atoms with van der Waals surface area (Å²) in [7, 11) is 0. The van der Waals surface area contributed by atoms with Crippen LogP contribution in [0.3, 0.4) is 0 Å². The van der Waals surface area contributed by atoms with Crippen molar-refractivity contribution >= 4 is 23.2 Å². The van der Waals surface area contributed by atoms with Gasteiger partial charge in [0.15, 0.2) is 0 Å². The summed E-state index contributed by atoms with van der Waals surface area (Å²) in [6, 6.07) is 3.46. The Hall–Kier alpha value is -0.440. The van der Waals surface area contributed by atoms with Crippen molar-refractivity contribution < 1.29 is 4.74 Å². The van der Waals surface area contributed by atoms with Crippen LogP contribution in [0.4, 0.5) is 0 Å². The average molecular weight is 276 g/mol. The van der Waals surface area contributed by atoms with Crippen LogP contribution < -0.4 is 10.5 Å². The van der Waals surface area contributed by atoms with E-state index in [4.69, 9.17) is 33.7 Å². The summed E-state index contributed by atoms with van der Waals surface area (Å²) < 4.78 is 5.38. The van der Waals surface area contributed by atoms with E-state index in [9.17, 15) is 0 Å². The highest BCUT2D eigenvalue weighted by Gasteiger charge is 2.18. The highest BCUT2D eigenvalue weighted by atomic mass is 35.5. The van der Waals surface area contributed by atoms with Gasteiger partial charge in [-0.2, -0.15) is 0 Å². The molecule has 1 aromatic rings. The van der Waals surface area contributed by atoms with Gasteiger partial charge >= 0.3 is 0 Å². The van der Waals surface area contributed by atoms with Crippen LogP contribution in [0.15, 0.2) is 12.1 Å². The Balaban J connectivity index is 3.06. The Labute approximate surface area is 113 Å². The fraction of sp³-hybridized carbons (Fsp3) is 0.538. The lowest BCUT2D eigenvalue weighted by molar-refractivity contribution is 0.340. The molecule has 2 unspecified atom stereocenters. The number of hydrogen-bond donors (Lipinski definition) is 1. The first-order chi connectivity index (χ1) is 8.01. The van der Waals surface area contributed by atoms with Crippen molar-refractivity contribution in [1.82, 2.24) is 0 Å². The normalized spacial score (nSPS) is 14.5. The largest absolute Gasteiger partial charge is 0.492 e. The average Bonchev–Trinajstić information content (AvgIpc) is 2.31. The Bertz CT molecular complexity index is 382. The molecule has 0 aliphatic rings. The Morgan fingerprint density at radius 1 is 1.24 bits per heavy atom. The van der Waals surface area contributed by atoms with Gasteiger partial charge in [-0.3, -0.25) is 0 Å². The molecule has 0 fully saturated rings. The quantitative estimate of drug-likeness (QED) is 0.863. The molecule has 96 valence electrons. The second-order valence-electron chi connectivity index (χ2n) is 4.15. The van der Waals surface area contributed by atoms with E-state index in [0.717, 1.165) is 12.0 Å². The molecule has 2 atom stereocenters. The summed E-state index contributed by atoms with van der Waals surface area (Å²) in [5, 5.41) is 1.18. The van der Waals surface area contributed by atoms with Gasteiger partial charge in [0.1, 0.15) is 5.75 Å². The van der Waals surface area contributed by atoms with Gasteiger partial charge in [0.2, 0.25) is 0 Å². The minimum absolute atomic E-state index is 0.0966. The van der Waals surface area contributed by atoms with E-state index in [2.05, 4.69) is 13.8 Å². The molecule has 4 heteroatoms. The molecule has 17 heavy (non-hydrogen) atoms. The van der Waals surface area contributed by atoms with E-state index in [1.54, 1.807) is 6.07 Å². The second kappa shape index (κ2) is 6.48. The number of halogens is 2. The molecule has 0 spiro atoms. The van der Waals surface area contributed by atoms with E-state index in [0.29, 0.717) is 28.3 Å². The van der Waals surface area contributed by atoms with E-state index in [1.165, 1.54) is 0 Å². The third-order valence-corrected chi connectivity index (χ3v) is 3.59. The maximum absolute atomic E-state index is 6.21. The lowest BCUT2D eigenvalue weighted by Crippen LogP contribution is -2.19. The van der Waals surface area contributed by atoms with Crippen molar-refractivity contribution in [2.24, 2.45) is 11.7 Å². The number of ether oxygens (including phenoxy) is 1. The molecule has 0 heterocycles. The van der Waals surface area contributed by atoms with Crippen molar-refractivity contribution in [3.8, 4) is 5.75 Å². The summed E-state index contributed by atoms with van der Waals surface area (Å²) in [6.07, 6.45) is 1.00. The smallest absolute Gasteiger partial charge is 0.139 e. The molecular formula is C13H19Cl2NO. The molecule has 1 aromatic carbocycles. The molecule has 1 rings (SSSR count). The predicted octanol–water partition coefficient (Wildman–Crippen LogP) is 4.44. The van der Waals surface area contributed by atoms with Crippen LogP contribution in [0.5, 0.6) is 5.75 Å². The zero-order chi connectivity index (χ0) is 13.0. The highest BCUT2D eigenvalue weighted by molar-refractivity contribution is 6.34. The predicted molar refractivity (Wildman–Crippen MR) is 74.0 cm³/mol. The summed E-state index contributed by atoms with van der Waals surface area (Å²) >= 11 is 12.3. The van der Waals surface area contributed by atoms with Gasteiger partial charge in [0, 0.05) is 17.1 Å². The minimum atomic E-state index is -0.0966. The molecular weight excluding hydrogens is 257 g/mol. The number of rotatable bonds is 5. The van der Waals surface area contributed by atoms with E-state index in [1.807, 2.05) is 13.0 Å². The van der Waals surface area contributed by atoms with Crippen LogP contribution in [0, 0.1) is 5.92 Å². The van der Waals surface area contributed by atoms with Crippen molar-refractivity contribution in [2.45, 2.75) is 33.2 Å². The Morgan fingerprint density at radius 3 is 2.41 bits per heavy atom. The first-order valence-corrected chi connectivity index (χ1v) is 6.64. The molecule has 0 aromatic heterocycles. The molecule has 0 amide bonds. The van der Waals surface area contributed by atoms with Gasteiger partial charge in [-0.1, -0.05) is 43.5 Å². The molecule has 2 N–H and O–H groups in total. The van der Waals surface area contributed by atoms with Crippen molar-refractivity contribution in [1.29, 1.82) is 0 Å². The fourth-order valence-corrected chi connectivity index (χ4v) is 2.13. The number of nitrogens with two attached hydrogens (primary N) is 1. The molecule has 0 saturated carbocycles. The molecule has 0 radical (unpaired) electrons. The molecule has 0 aliphatic heterocycles. The third-order valence-electron chi connectivity index (χ3n) is 2.97. The van der Waals surface area contributed by atoms with Crippen molar-refractivity contribution in [3.05, 3.63) is 27.7 Å². The summed E-state index contributed by atoms with van der Waals surface area (Å²) in [5.74, 6) is 0.973. The number of hydrogen-bond acceptors (Lipinski definition) is 2. The first kappa shape index (κ1) is 14.6. The van der Waals surface area contributed by atoms with Gasteiger partial charge in [-0.05, 0) is 24.5 Å². The van der Waals surface area contributed by atoms with Gasteiger partial charge < -0.3 is 10.5 Å². The van der Waals surface area contributed by atoms with Crippen LogP contribution in [-0.4, -0.2) is 6.61 Å². The molecule has 0 saturated heterocycles. The lowest BCUT2D eigenvalue weighted by Gasteiger charge is -2.21. The maximum Gasteiger partial charge on any atom is 0.139 e. The van der Waals surface area contributed by atoms with Gasteiger partial charge in [-0.15, -0.1) is 0 Å². The van der Waals surface area contributed by atoms with Crippen LogP contribution in [-0.2, 0) is 0 Å². The monoisotopic (exact) mass is 275 g/mol. The highest BCUT2D eigenvalue weighted by Crippen LogP contribution is 2.36. The molecule has 0 aliphatic carbocycles. The zero-order valence-corrected chi connectivity index (χ0v) is 12.0. The first-order valence-electron chi connectivity index (χ1n) is 5.88. The van der Waals surface area contributed by atoms with Crippen LogP contribution in [0.1, 0.15) is 38.8 Å². The Kier molecular flexibility index (Phi) is 5.57. The van der Waals surface area contributed by atoms with Gasteiger partial charge in [0.05, 0.1) is 11.6 Å². The van der Waals surface area contributed by atoms with E-state index in [-0.39, 0.29) is 6.04 Å². The topological polar surface area (TPSA) is 35.2 Å². The van der Waals surface area contributed by atoms with Gasteiger partial charge in [0.25, 0.3) is 0 Å². The second-order valence-corrected chi connectivity index (χ2v) is 4.96. The SMILES string of the molecule is CCOc1cc(Cl)c(C(N)C(C)CC)cc1Cl. The number of benzene rings is 1. The third kappa shape index (κ3) is 3.51. The fourth-order valence-electron chi connectivity index (χ4n) is 1.63. The lowest BCUT2D eigenvalue weighted by atomic mass is 9.93. The molecule has 0 bridgehead atoms. The minimum Gasteiger partial charge on any atom is -0.492 e. The van der Waals surface area contributed by atoms with Crippen molar-refractivity contribution in [3.63, 3.8) is 0 Å². The van der Waals surface area contributed by atoms with Gasteiger partial charge in [-0.25, -0.2) is 0 Å². The van der Waals surface area contributed by atoms with E-state index >= 15 is 0 Å². The van der Waals surface area contributed by atoms with E-state index < -0.39 is 0 Å². The zero-order valence-electron chi connectivity index (χ0n) is 10.5. The standard InChI is InChI=1S/C13H19Cl2NO/c1-4-8(3)13(16)9-6-11(15)12(17-5-2)7-10(9)14/h6-8,13H,4-5,16H2,1-3H3.